The summed E-state index contributed by atoms with van der Waals surface area (Å²) in [6.07, 6.45) is -0.365. The molecular weight excluding hydrogens is 341 g/mol. The van der Waals surface area contributed by atoms with Crippen molar-refractivity contribution >= 4 is 11.4 Å². The van der Waals surface area contributed by atoms with Crippen LogP contribution in [0.15, 0.2) is 42.5 Å². The Kier molecular flexibility index (Phi) is 5.41. The minimum absolute atomic E-state index is 0.131. The van der Waals surface area contributed by atoms with E-state index in [1.165, 1.54) is 17.7 Å². The van der Waals surface area contributed by atoms with E-state index in [4.69, 9.17) is 16.2 Å². The lowest BCUT2D eigenvalue weighted by Gasteiger charge is -2.29. The molecule has 3 rings (SSSR count). The Morgan fingerprint density at radius 3 is 2.00 bits per heavy atom. The molecule has 4 N–H and O–H groups in total. The smallest absolute Gasteiger partial charge is 0.399 e. The Labute approximate surface area is 151 Å². The molecule has 0 unspecified atom stereocenters. The van der Waals surface area contributed by atoms with Gasteiger partial charge in [-0.2, -0.15) is 13.2 Å². The summed E-state index contributed by atoms with van der Waals surface area (Å²) in [4.78, 5) is 0. The van der Waals surface area contributed by atoms with Crippen LogP contribution in [0.3, 0.4) is 0 Å². The summed E-state index contributed by atoms with van der Waals surface area (Å²) in [7, 11) is 0. The normalized spacial score (nSPS) is 20.9. The highest BCUT2D eigenvalue weighted by atomic mass is 19.4. The molecule has 2 aromatic carbocycles. The van der Waals surface area contributed by atoms with Crippen LogP contribution in [0.25, 0.3) is 0 Å². The van der Waals surface area contributed by atoms with E-state index >= 15 is 0 Å². The number of nitrogen functional groups attached to an aromatic ring is 2. The maximum Gasteiger partial charge on any atom is 0.416 e. The Morgan fingerprint density at radius 1 is 0.885 bits per heavy atom. The Morgan fingerprint density at radius 2 is 1.46 bits per heavy atom. The standard InChI is InChI=1S/C20H23F3N2O/c21-20(22,23)16-5-1-13(2-6-16)12-26-19-7-3-14(4-8-19)15-9-17(24)11-18(25)10-15/h1-2,5-6,9-11,14,19H,3-4,7-8,12,24-25H2. The number of hydrogen-bond donors (Lipinski definition) is 2. The van der Waals surface area contributed by atoms with Crippen LogP contribution in [0.1, 0.15) is 48.3 Å². The predicted octanol–water partition coefficient (Wildman–Crippen LogP) is 5.11. The van der Waals surface area contributed by atoms with Gasteiger partial charge in [-0.3, -0.25) is 0 Å². The average molecular weight is 364 g/mol. The van der Waals surface area contributed by atoms with Gasteiger partial charge in [-0.15, -0.1) is 0 Å². The molecule has 0 atom stereocenters. The number of halogens is 3. The van der Waals surface area contributed by atoms with Gasteiger partial charge in [0.15, 0.2) is 0 Å². The monoisotopic (exact) mass is 364 g/mol. The second-order valence-corrected chi connectivity index (χ2v) is 6.91. The summed E-state index contributed by atoms with van der Waals surface area (Å²) in [6, 6.07) is 10.9. The molecule has 0 bridgehead atoms. The first kappa shape index (κ1) is 18.6. The molecule has 1 aliphatic carbocycles. The summed E-state index contributed by atoms with van der Waals surface area (Å²) in [5, 5.41) is 0. The van der Waals surface area contributed by atoms with Crippen LogP contribution in [0.4, 0.5) is 24.5 Å². The Hall–Kier alpha value is -2.21. The summed E-state index contributed by atoms with van der Waals surface area (Å²) in [6.45, 7) is 0.332. The Balaban J connectivity index is 1.50. The molecule has 1 aliphatic rings. The minimum Gasteiger partial charge on any atom is -0.399 e. The minimum atomic E-state index is -4.30. The second kappa shape index (κ2) is 7.58. The lowest BCUT2D eigenvalue weighted by molar-refractivity contribution is -0.137. The zero-order valence-corrected chi connectivity index (χ0v) is 14.4. The van der Waals surface area contributed by atoms with E-state index in [1.807, 2.05) is 12.1 Å². The predicted molar refractivity (Wildman–Crippen MR) is 96.5 cm³/mol. The first-order chi connectivity index (χ1) is 12.3. The lowest BCUT2D eigenvalue weighted by Crippen LogP contribution is -2.21. The summed E-state index contributed by atoms with van der Waals surface area (Å²) in [5.41, 5.74) is 14.4. The molecule has 0 heterocycles. The van der Waals surface area contributed by atoms with Crippen LogP contribution in [-0.4, -0.2) is 6.10 Å². The van der Waals surface area contributed by atoms with Crippen molar-refractivity contribution in [3.05, 3.63) is 59.2 Å². The van der Waals surface area contributed by atoms with E-state index in [9.17, 15) is 13.2 Å². The molecule has 3 nitrogen and oxygen atoms in total. The summed E-state index contributed by atoms with van der Waals surface area (Å²) < 4.78 is 43.6. The number of nitrogens with two attached hydrogens (primary N) is 2. The molecule has 140 valence electrons. The number of alkyl halides is 3. The van der Waals surface area contributed by atoms with Gasteiger partial charge in [0.2, 0.25) is 0 Å². The van der Waals surface area contributed by atoms with Crippen LogP contribution < -0.4 is 11.5 Å². The fourth-order valence-corrected chi connectivity index (χ4v) is 3.50. The first-order valence-electron chi connectivity index (χ1n) is 8.75. The maximum atomic E-state index is 12.6. The fraction of sp³-hybridized carbons (Fsp3) is 0.400. The number of rotatable bonds is 4. The molecule has 0 saturated heterocycles. The highest BCUT2D eigenvalue weighted by Crippen LogP contribution is 2.36. The lowest BCUT2D eigenvalue weighted by atomic mass is 9.82. The van der Waals surface area contributed by atoms with Crippen molar-refractivity contribution in [2.24, 2.45) is 0 Å². The molecule has 0 radical (unpaired) electrons. The van der Waals surface area contributed by atoms with Gasteiger partial charge >= 0.3 is 6.18 Å². The van der Waals surface area contributed by atoms with Gasteiger partial charge in [-0.25, -0.2) is 0 Å². The first-order valence-corrected chi connectivity index (χ1v) is 8.75. The van der Waals surface area contributed by atoms with Gasteiger partial charge in [0, 0.05) is 11.4 Å². The highest BCUT2D eigenvalue weighted by Gasteiger charge is 2.30. The third-order valence-corrected chi connectivity index (χ3v) is 4.91. The van der Waals surface area contributed by atoms with E-state index < -0.39 is 11.7 Å². The number of benzene rings is 2. The van der Waals surface area contributed by atoms with E-state index in [0.717, 1.165) is 43.4 Å². The van der Waals surface area contributed by atoms with E-state index in [2.05, 4.69) is 0 Å². The Bertz CT molecular complexity index is 715. The third-order valence-electron chi connectivity index (χ3n) is 4.91. The van der Waals surface area contributed by atoms with Crippen LogP contribution in [0.2, 0.25) is 0 Å². The molecule has 6 heteroatoms. The zero-order chi connectivity index (χ0) is 18.7. The van der Waals surface area contributed by atoms with Crippen LogP contribution >= 0.6 is 0 Å². The van der Waals surface area contributed by atoms with Crippen LogP contribution in [-0.2, 0) is 17.5 Å². The van der Waals surface area contributed by atoms with Gasteiger partial charge in [-0.05, 0) is 73.1 Å². The zero-order valence-electron chi connectivity index (χ0n) is 14.4. The molecule has 0 aliphatic heterocycles. The molecule has 1 saturated carbocycles. The largest absolute Gasteiger partial charge is 0.416 e. The van der Waals surface area contributed by atoms with Crippen molar-refractivity contribution < 1.29 is 17.9 Å². The van der Waals surface area contributed by atoms with Crippen molar-refractivity contribution in [1.29, 1.82) is 0 Å². The van der Waals surface area contributed by atoms with Gasteiger partial charge in [0.1, 0.15) is 0 Å². The van der Waals surface area contributed by atoms with E-state index in [-0.39, 0.29) is 6.10 Å². The van der Waals surface area contributed by atoms with Gasteiger partial charge < -0.3 is 16.2 Å². The molecular formula is C20H23F3N2O. The molecule has 0 spiro atoms. The number of anilines is 2. The third kappa shape index (κ3) is 4.69. The molecule has 0 amide bonds. The summed E-state index contributed by atoms with van der Waals surface area (Å²) >= 11 is 0. The van der Waals surface area contributed by atoms with Crippen molar-refractivity contribution in [3.63, 3.8) is 0 Å². The van der Waals surface area contributed by atoms with E-state index in [1.54, 1.807) is 6.07 Å². The van der Waals surface area contributed by atoms with Crippen molar-refractivity contribution in [2.75, 3.05) is 11.5 Å². The topological polar surface area (TPSA) is 61.3 Å². The molecule has 0 aromatic heterocycles. The molecule has 26 heavy (non-hydrogen) atoms. The number of ether oxygens (including phenoxy) is 1. The number of hydrogen-bond acceptors (Lipinski definition) is 3. The average Bonchev–Trinajstić information content (AvgIpc) is 2.59. The maximum absolute atomic E-state index is 12.6. The highest BCUT2D eigenvalue weighted by molar-refractivity contribution is 5.55. The van der Waals surface area contributed by atoms with Crippen molar-refractivity contribution in [3.8, 4) is 0 Å². The van der Waals surface area contributed by atoms with E-state index in [0.29, 0.717) is 23.9 Å². The van der Waals surface area contributed by atoms with Gasteiger partial charge in [0.05, 0.1) is 18.3 Å². The summed E-state index contributed by atoms with van der Waals surface area (Å²) in [5.74, 6) is 0.423. The molecule has 2 aromatic rings. The van der Waals surface area contributed by atoms with Crippen LogP contribution in [0.5, 0.6) is 0 Å². The van der Waals surface area contributed by atoms with Crippen molar-refractivity contribution in [2.45, 2.75) is 50.5 Å². The molecule has 1 fully saturated rings. The van der Waals surface area contributed by atoms with Gasteiger partial charge in [-0.1, -0.05) is 12.1 Å². The van der Waals surface area contributed by atoms with Crippen molar-refractivity contribution in [1.82, 2.24) is 0 Å². The van der Waals surface area contributed by atoms with Gasteiger partial charge in [0.25, 0.3) is 0 Å². The fourth-order valence-electron chi connectivity index (χ4n) is 3.50. The second-order valence-electron chi connectivity index (χ2n) is 6.91. The quantitative estimate of drug-likeness (QED) is 0.741. The SMILES string of the molecule is Nc1cc(N)cc(C2CCC(OCc3ccc(C(F)(F)F)cc3)CC2)c1. The van der Waals surface area contributed by atoms with Crippen LogP contribution in [0, 0.1) is 0 Å².